The van der Waals surface area contributed by atoms with Crippen LogP contribution >= 0.6 is 0 Å². The number of fused-ring (bicyclic) bond motifs is 2. The molecular weight excluding hydrogens is 448 g/mol. The number of amides is 1. The van der Waals surface area contributed by atoms with E-state index in [9.17, 15) is 19.5 Å². The number of hydrogen-bond donors (Lipinski definition) is 3. The quantitative estimate of drug-likeness (QED) is 0.313. The van der Waals surface area contributed by atoms with Crippen molar-refractivity contribution in [3.8, 4) is 5.75 Å². The van der Waals surface area contributed by atoms with Gasteiger partial charge in [0.1, 0.15) is 17.4 Å². The molecule has 4 aromatic rings. The Hall–Kier alpha value is -4.07. The smallest absolute Gasteiger partial charge is 0.336 e. The maximum atomic E-state index is 13.0. The first-order valence-corrected chi connectivity index (χ1v) is 11.6. The Bertz CT molecular complexity index is 1450. The van der Waals surface area contributed by atoms with Crippen LogP contribution in [0.3, 0.4) is 0 Å². The fourth-order valence-corrected chi connectivity index (χ4v) is 4.28. The summed E-state index contributed by atoms with van der Waals surface area (Å²) in [6.07, 6.45) is 2.36. The van der Waals surface area contributed by atoms with Gasteiger partial charge in [0.2, 0.25) is 0 Å². The van der Waals surface area contributed by atoms with Crippen LogP contribution < -0.4 is 15.7 Å². The average molecular weight is 477 g/mol. The lowest BCUT2D eigenvalue weighted by molar-refractivity contribution is -0.142. The molecule has 2 unspecified atom stereocenters. The molecule has 4 rings (SSSR count). The molecule has 0 saturated carbocycles. The summed E-state index contributed by atoms with van der Waals surface area (Å²) in [6.45, 7) is 5.41. The summed E-state index contributed by atoms with van der Waals surface area (Å²) < 4.78 is 11.4. The fourth-order valence-electron chi connectivity index (χ4n) is 4.28. The molecule has 2 atom stereocenters. The highest BCUT2D eigenvalue weighted by atomic mass is 16.5. The number of nitrogens with one attached hydrogen (secondary N) is 2. The van der Waals surface area contributed by atoms with Crippen molar-refractivity contribution in [2.45, 2.75) is 52.2 Å². The van der Waals surface area contributed by atoms with Crippen molar-refractivity contribution >= 4 is 33.7 Å². The largest absolute Gasteiger partial charge is 0.480 e. The van der Waals surface area contributed by atoms with Gasteiger partial charge in [-0.25, -0.2) is 9.59 Å². The van der Waals surface area contributed by atoms with Gasteiger partial charge in [0.05, 0.1) is 5.39 Å². The van der Waals surface area contributed by atoms with Crippen LogP contribution in [0.15, 0.2) is 57.9 Å². The van der Waals surface area contributed by atoms with Gasteiger partial charge in [-0.2, -0.15) is 0 Å². The van der Waals surface area contributed by atoms with Crippen LogP contribution in [-0.4, -0.2) is 34.1 Å². The van der Waals surface area contributed by atoms with Crippen molar-refractivity contribution in [2.24, 2.45) is 0 Å². The number of ether oxygens (including phenoxy) is 1. The molecule has 0 aliphatic rings. The molecule has 0 radical (unpaired) electrons. The van der Waals surface area contributed by atoms with E-state index >= 15 is 0 Å². The number of carbonyl (C=O) groups is 2. The van der Waals surface area contributed by atoms with Gasteiger partial charge < -0.3 is 24.6 Å². The first kappa shape index (κ1) is 24.1. The summed E-state index contributed by atoms with van der Waals surface area (Å²) in [4.78, 5) is 40.0. The summed E-state index contributed by atoms with van der Waals surface area (Å²) in [5.41, 5.74) is 3.24. The summed E-state index contributed by atoms with van der Waals surface area (Å²) in [6, 6.07) is 11.4. The number of rotatable bonds is 9. The van der Waals surface area contributed by atoms with E-state index < -0.39 is 29.6 Å². The zero-order valence-corrected chi connectivity index (χ0v) is 19.9. The third kappa shape index (κ3) is 5.21. The average Bonchev–Trinajstić information content (AvgIpc) is 3.20. The first-order valence-electron chi connectivity index (χ1n) is 11.6. The van der Waals surface area contributed by atoms with Crippen molar-refractivity contribution in [1.29, 1.82) is 0 Å². The fraction of sp³-hybridized carbons (Fsp3) is 0.296. The molecule has 2 aromatic carbocycles. The van der Waals surface area contributed by atoms with Gasteiger partial charge in [0.15, 0.2) is 6.10 Å². The first-order chi connectivity index (χ1) is 16.8. The number of carboxylic acids is 1. The van der Waals surface area contributed by atoms with Crippen molar-refractivity contribution < 1.29 is 23.8 Å². The number of aromatic nitrogens is 1. The molecule has 8 heteroatoms. The van der Waals surface area contributed by atoms with Crippen molar-refractivity contribution in [3.05, 3.63) is 75.8 Å². The van der Waals surface area contributed by atoms with E-state index in [2.05, 4.69) is 10.3 Å². The highest BCUT2D eigenvalue weighted by Crippen LogP contribution is 2.31. The monoisotopic (exact) mass is 476 g/mol. The Morgan fingerprint density at radius 1 is 1.17 bits per heavy atom. The normalized spacial score (nSPS) is 13.0. The predicted molar refractivity (Wildman–Crippen MR) is 133 cm³/mol. The highest BCUT2D eigenvalue weighted by molar-refractivity contribution is 5.90. The van der Waals surface area contributed by atoms with E-state index in [-0.39, 0.29) is 6.42 Å². The third-order valence-corrected chi connectivity index (χ3v) is 5.94. The van der Waals surface area contributed by atoms with E-state index in [4.69, 9.17) is 9.15 Å². The topological polar surface area (TPSA) is 122 Å². The van der Waals surface area contributed by atoms with Gasteiger partial charge >= 0.3 is 11.6 Å². The Kier molecular flexibility index (Phi) is 6.91. The van der Waals surface area contributed by atoms with E-state index in [0.717, 1.165) is 34.0 Å². The number of aromatic amines is 1. The number of para-hydroxylation sites is 1. The molecule has 0 aliphatic heterocycles. The third-order valence-electron chi connectivity index (χ3n) is 5.94. The van der Waals surface area contributed by atoms with Gasteiger partial charge in [-0.15, -0.1) is 0 Å². The maximum absolute atomic E-state index is 13.0. The molecule has 182 valence electrons. The lowest BCUT2D eigenvalue weighted by Crippen LogP contribution is -2.47. The molecular formula is C27H28N2O6. The van der Waals surface area contributed by atoms with Gasteiger partial charge in [-0.3, -0.25) is 4.79 Å². The van der Waals surface area contributed by atoms with Gasteiger partial charge in [0, 0.05) is 29.6 Å². The minimum atomic E-state index is -1.14. The second kappa shape index (κ2) is 10.0. The second-order valence-corrected chi connectivity index (χ2v) is 8.70. The Morgan fingerprint density at radius 2 is 1.94 bits per heavy atom. The molecule has 2 aromatic heterocycles. The molecule has 3 N–H and O–H groups in total. The molecule has 0 saturated heterocycles. The molecule has 0 fully saturated rings. The highest BCUT2D eigenvalue weighted by Gasteiger charge is 2.26. The number of aliphatic carboxylic acids is 1. The number of carboxylic acid groups (broad SMARTS) is 1. The zero-order chi connectivity index (χ0) is 25.1. The van der Waals surface area contributed by atoms with Crippen LogP contribution in [-0.2, 0) is 22.4 Å². The second-order valence-electron chi connectivity index (χ2n) is 8.70. The Labute approximate surface area is 201 Å². The minimum Gasteiger partial charge on any atom is -0.480 e. The molecule has 0 aliphatic carbocycles. The van der Waals surface area contributed by atoms with E-state index in [1.807, 2.05) is 38.1 Å². The maximum Gasteiger partial charge on any atom is 0.336 e. The summed E-state index contributed by atoms with van der Waals surface area (Å²) >= 11 is 0. The lowest BCUT2D eigenvalue weighted by Gasteiger charge is -2.20. The van der Waals surface area contributed by atoms with E-state index in [0.29, 0.717) is 23.1 Å². The standard InChI is InChI=1S/C27H28N2O6/c1-4-7-17-13-24(30)35-23-11-15(2)10-22(25(17)23)34-16(3)26(31)29-21(27(32)33)12-18-14-28-20-9-6-5-8-19(18)20/h5-6,8-11,13-14,16,21,28H,4,7,12H2,1-3H3,(H,29,31)(H,32,33). The molecule has 35 heavy (non-hydrogen) atoms. The number of benzene rings is 2. The molecule has 8 nitrogen and oxygen atoms in total. The Morgan fingerprint density at radius 3 is 2.69 bits per heavy atom. The van der Waals surface area contributed by atoms with Crippen LogP contribution in [0.5, 0.6) is 5.75 Å². The SMILES string of the molecule is CCCc1cc(=O)oc2cc(C)cc(OC(C)C(=O)NC(Cc3c[nH]c4ccccc34)C(=O)O)c12. The number of hydrogen-bond acceptors (Lipinski definition) is 5. The van der Waals surface area contributed by atoms with E-state index in [1.165, 1.54) is 6.07 Å². The van der Waals surface area contributed by atoms with Crippen molar-refractivity contribution in [2.75, 3.05) is 0 Å². The Balaban J connectivity index is 1.56. The van der Waals surface area contributed by atoms with Crippen LogP contribution in [0.4, 0.5) is 0 Å². The molecule has 0 spiro atoms. The van der Waals surface area contributed by atoms with Crippen LogP contribution in [0, 0.1) is 6.92 Å². The van der Waals surface area contributed by atoms with Crippen LogP contribution in [0.25, 0.3) is 21.9 Å². The summed E-state index contributed by atoms with van der Waals surface area (Å²) in [5.74, 6) is -1.27. The number of aryl methyl sites for hydroxylation is 2. The minimum absolute atomic E-state index is 0.122. The van der Waals surface area contributed by atoms with Crippen LogP contribution in [0.1, 0.15) is 37.0 Å². The van der Waals surface area contributed by atoms with Crippen LogP contribution in [0.2, 0.25) is 0 Å². The van der Waals surface area contributed by atoms with Crippen molar-refractivity contribution in [1.82, 2.24) is 10.3 Å². The molecule has 0 bridgehead atoms. The predicted octanol–water partition coefficient (Wildman–Crippen LogP) is 4.11. The molecule has 2 heterocycles. The lowest BCUT2D eigenvalue weighted by atomic mass is 10.0. The van der Waals surface area contributed by atoms with Crippen molar-refractivity contribution in [3.63, 3.8) is 0 Å². The molecule has 1 amide bonds. The van der Waals surface area contributed by atoms with Gasteiger partial charge in [0.25, 0.3) is 5.91 Å². The van der Waals surface area contributed by atoms with E-state index in [1.54, 1.807) is 25.3 Å². The number of carbonyl (C=O) groups excluding carboxylic acids is 1. The van der Waals surface area contributed by atoms with Gasteiger partial charge in [-0.05, 0) is 55.2 Å². The summed E-state index contributed by atoms with van der Waals surface area (Å²) in [5, 5.41) is 13.9. The number of H-pyrrole nitrogens is 1. The van der Waals surface area contributed by atoms with Gasteiger partial charge in [-0.1, -0.05) is 31.5 Å². The zero-order valence-electron chi connectivity index (χ0n) is 19.9. The summed E-state index contributed by atoms with van der Waals surface area (Å²) in [7, 11) is 0.